The molecule has 0 aliphatic rings. The summed E-state index contributed by atoms with van der Waals surface area (Å²) < 4.78 is 12.0. The van der Waals surface area contributed by atoms with Gasteiger partial charge in [-0.2, -0.15) is 0 Å². The normalized spacial score (nSPS) is 10.4. The van der Waals surface area contributed by atoms with Crippen LogP contribution in [0.3, 0.4) is 0 Å². The minimum Gasteiger partial charge on any atom is -0.493 e. The Bertz CT molecular complexity index is 641. The van der Waals surface area contributed by atoms with E-state index in [9.17, 15) is 4.79 Å². The Hall–Kier alpha value is -2.01. The molecule has 0 bridgehead atoms. The Morgan fingerprint density at radius 2 is 1.83 bits per heavy atom. The van der Waals surface area contributed by atoms with Gasteiger partial charge in [0.05, 0.1) is 6.61 Å². The second-order valence-electron chi connectivity index (χ2n) is 5.52. The minimum atomic E-state index is -0.214. The molecule has 0 aliphatic carbocycles. The van der Waals surface area contributed by atoms with E-state index in [4.69, 9.17) is 9.47 Å². The highest BCUT2D eigenvalue weighted by atomic mass is 79.9. The highest BCUT2D eigenvalue weighted by Gasteiger charge is 2.05. The first kappa shape index (κ1) is 17.3. The van der Waals surface area contributed by atoms with Gasteiger partial charge < -0.3 is 14.8 Å². The fourth-order valence-electron chi connectivity index (χ4n) is 1.80. The van der Waals surface area contributed by atoms with E-state index in [1.54, 1.807) is 18.2 Å². The molecule has 0 unspecified atom stereocenters. The van der Waals surface area contributed by atoms with Gasteiger partial charge in [0, 0.05) is 16.2 Å². The molecule has 2 aromatic rings. The molecule has 4 nitrogen and oxygen atoms in total. The quantitative estimate of drug-likeness (QED) is 0.772. The Morgan fingerprint density at radius 3 is 2.52 bits per heavy atom. The summed E-state index contributed by atoms with van der Waals surface area (Å²) >= 11 is 3.35. The number of carbonyl (C=O) groups excluding carboxylic acids is 1. The van der Waals surface area contributed by atoms with Crippen LogP contribution in [0.1, 0.15) is 13.8 Å². The number of amides is 1. The SMILES string of the molecule is CC(C)COc1cccc(NC(=O)COc2ccc(Br)cc2)c1. The zero-order chi connectivity index (χ0) is 16.7. The summed E-state index contributed by atoms with van der Waals surface area (Å²) in [5, 5.41) is 2.80. The number of anilines is 1. The summed E-state index contributed by atoms with van der Waals surface area (Å²) in [6.07, 6.45) is 0. The molecule has 0 saturated heterocycles. The largest absolute Gasteiger partial charge is 0.493 e. The van der Waals surface area contributed by atoms with Crippen molar-refractivity contribution in [2.24, 2.45) is 5.92 Å². The third-order valence-corrected chi connectivity index (χ3v) is 3.41. The van der Waals surface area contributed by atoms with Crippen LogP contribution in [0, 0.1) is 5.92 Å². The van der Waals surface area contributed by atoms with Crippen LogP contribution in [0.4, 0.5) is 5.69 Å². The average molecular weight is 378 g/mol. The van der Waals surface area contributed by atoms with E-state index < -0.39 is 0 Å². The third kappa shape index (κ3) is 6.32. The fraction of sp³-hybridized carbons (Fsp3) is 0.278. The molecule has 0 aliphatic heterocycles. The summed E-state index contributed by atoms with van der Waals surface area (Å²) in [7, 11) is 0. The van der Waals surface area contributed by atoms with Crippen molar-refractivity contribution in [2.45, 2.75) is 13.8 Å². The molecule has 2 rings (SSSR count). The second kappa shape index (κ2) is 8.58. The van der Waals surface area contributed by atoms with Gasteiger partial charge in [0.15, 0.2) is 6.61 Å². The van der Waals surface area contributed by atoms with Gasteiger partial charge in [-0.1, -0.05) is 35.8 Å². The molecule has 2 aromatic carbocycles. The van der Waals surface area contributed by atoms with E-state index in [1.807, 2.05) is 30.3 Å². The van der Waals surface area contributed by atoms with Crippen molar-refractivity contribution in [3.8, 4) is 11.5 Å². The molecular formula is C18H20BrNO3. The van der Waals surface area contributed by atoms with E-state index in [2.05, 4.69) is 35.1 Å². The molecule has 1 amide bonds. The lowest BCUT2D eigenvalue weighted by Crippen LogP contribution is -2.20. The second-order valence-corrected chi connectivity index (χ2v) is 6.44. The van der Waals surface area contributed by atoms with Crippen LogP contribution < -0.4 is 14.8 Å². The lowest BCUT2D eigenvalue weighted by molar-refractivity contribution is -0.118. The molecule has 23 heavy (non-hydrogen) atoms. The Morgan fingerprint density at radius 1 is 1.09 bits per heavy atom. The van der Waals surface area contributed by atoms with E-state index in [1.165, 1.54) is 0 Å². The smallest absolute Gasteiger partial charge is 0.262 e. The van der Waals surface area contributed by atoms with E-state index >= 15 is 0 Å². The van der Waals surface area contributed by atoms with Crippen molar-refractivity contribution in [1.29, 1.82) is 0 Å². The van der Waals surface area contributed by atoms with Gasteiger partial charge in [0.1, 0.15) is 11.5 Å². The average Bonchev–Trinajstić information content (AvgIpc) is 2.53. The van der Waals surface area contributed by atoms with Gasteiger partial charge in [-0.3, -0.25) is 4.79 Å². The number of benzene rings is 2. The number of ether oxygens (including phenoxy) is 2. The van der Waals surface area contributed by atoms with Gasteiger partial charge in [-0.25, -0.2) is 0 Å². The Balaban J connectivity index is 1.84. The summed E-state index contributed by atoms with van der Waals surface area (Å²) in [5.74, 6) is 1.63. The molecule has 0 radical (unpaired) electrons. The van der Waals surface area contributed by atoms with Crippen molar-refractivity contribution in [3.63, 3.8) is 0 Å². The Kier molecular flexibility index (Phi) is 6.47. The number of rotatable bonds is 7. The highest BCUT2D eigenvalue weighted by molar-refractivity contribution is 9.10. The molecule has 0 fully saturated rings. The number of carbonyl (C=O) groups is 1. The van der Waals surface area contributed by atoms with Crippen LogP contribution in [-0.4, -0.2) is 19.1 Å². The van der Waals surface area contributed by atoms with Crippen molar-refractivity contribution in [3.05, 3.63) is 53.0 Å². The van der Waals surface area contributed by atoms with Crippen molar-refractivity contribution >= 4 is 27.5 Å². The molecule has 0 heterocycles. The summed E-state index contributed by atoms with van der Waals surface area (Å²) in [4.78, 5) is 11.9. The van der Waals surface area contributed by atoms with Gasteiger partial charge >= 0.3 is 0 Å². The zero-order valence-corrected chi connectivity index (χ0v) is 14.8. The Labute approximate surface area is 144 Å². The first-order chi connectivity index (χ1) is 11.0. The summed E-state index contributed by atoms with van der Waals surface area (Å²) in [5.41, 5.74) is 0.690. The zero-order valence-electron chi connectivity index (χ0n) is 13.2. The van der Waals surface area contributed by atoms with Crippen LogP contribution in [0.5, 0.6) is 11.5 Å². The van der Waals surface area contributed by atoms with Gasteiger partial charge in [0.2, 0.25) is 0 Å². The number of hydrogen-bond acceptors (Lipinski definition) is 3. The van der Waals surface area contributed by atoms with E-state index in [0.717, 1.165) is 10.2 Å². The molecule has 0 spiro atoms. The minimum absolute atomic E-state index is 0.0429. The van der Waals surface area contributed by atoms with Gasteiger partial charge in [0.25, 0.3) is 5.91 Å². The number of hydrogen-bond donors (Lipinski definition) is 1. The molecule has 0 saturated carbocycles. The first-order valence-corrected chi connectivity index (χ1v) is 8.23. The summed E-state index contributed by atoms with van der Waals surface area (Å²) in [6, 6.07) is 14.7. The lowest BCUT2D eigenvalue weighted by Gasteiger charge is -2.11. The highest BCUT2D eigenvalue weighted by Crippen LogP contribution is 2.19. The van der Waals surface area contributed by atoms with Crippen LogP contribution in [0.25, 0.3) is 0 Å². The molecule has 0 atom stereocenters. The predicted molar refractivity (Wildman–Crippen MR) is 95.0 cm³/mol. The van der Waals surface area contributed by atoms with Crippen molar-refractivity contribution in [2.75, 3.05) is 18.5 Å². The molecular weight excluding hydrogens is 358 g/mol. The lowest BCUT2D eigenvalue weighted by atomic mass is 10.2. The molecule has 5 heteroatoms. The van der Waals surface area contributed by atoms with E-state index in [-0.39, 0.29) is 12.5 Å². The number of halogens is 1. The van der Waals surface area contributed by atoms with Crippen molar-refractivity contribution < 1.29 is 14.3 Å². The van der Waals surface area contributed by atoms with Gasteiger partial charge in [-0.05, 0) is 42.3 Å². The number of nitrogens with one attached hydrogen (secondary N) is 1. The van der Waals surface area contributed by atoms with Crippen LogP contribution in [-0.2, 0) is 4.79 Å². The third-order valence-electron chi connectivity index (χ3n) is 2.88. The first-order valence-electron chi connectivity index (χ1n) is 7.44. The topological polar surface area (TPSA) is 47.6 Å². The monoisotopic (exact) mass is 377 g/mol. The summed E-state index contributed by atoms with van der Waals surface area (Å²) in [6.45, 7) is 4.78. The van der Waals surface area contributed by atoms with Gasteiger partial charge in [-0.15, -0.1) is 0 Å². The maximum atomic E-state index is 11.9. The van der Waals surface area contributed by atoms with Crippen LogP contribution in [0.15, 0.2) is 53.0 Å². The van der Waals surface area contributed by atoms with E-state index in [0.29, 0.717) is 24.0 Å². The van der Waals surface area contributed by atoms with Crippen LogP contribution >= 0.6 is 15.9 Å². The predicted octanol–water partition coefficient (Wildman–Crippen LogP) is 4.50. The fourth-order valence-corrected chi connectivity index (χ4v) is 2.07. The molecule has 0 aromatic heterocycles. The standard InChI is InChI=1S/C18H20BrNO3/c1-13(2)11-22-17-5-3-4-15(10-17)20-18(21)12-23-16-8-6-14(19)7-9-16/h3-10,13H,11-12H2,1-2H3,(H,20,21). The maximum Gasteiger partial charge on any atom is 0.262 e. The maximum absolute atomic E-state index is 11.9. The molecule has 122 valence electrons. The molecule has 1 N–H and O–H groups in total. The van der Waals surface area contributed by atoms with Crippen LogP contribution in [0.2, 0.25) is 0 Å². The van der Waals surface area contributed by atoms with Crippen molar-refractivity contribution in [1.82, 2.24) is 0 Å².